The first kappa shape index (κ1) is 33.2. The summed E-state index contributed by atoms with van der Waals surface area (Å²) in [6.07, 6.45) is 8.41. The molecule has 0 fully saturated rings. The summed E-state index contributed by atoms with van der Waals surface area (Å²) < 4.78 is 6.94. The molecule has 1 aliphatic heterocycles. The minimum absolute atomic E-state index is 0.0105. The number of hydrogen-bond acceptors (Lipinski definition) is 5. The molecule has 0 N–H and O–H groups in total. The molecule has 0 radical (unpaired) electrons. The second-order valence-electron chi connectivity index (χ2n) is 14.0. The summed E-state index contributed by atoms with van der Waals surface area (Å²) >= 11 is 0. The highest BCUT2D eigenvalue weighted by Crippen LogP contribution is 2.53. The Kier molecular flexibility index (Phi) is 8.58. The maximum atomic E-state index is 6.94. The van der Waals surface area contributed by atoms with Gasteiger partial charge in [-0.3, -0.25) is 0 Å². The molecule has 56 heavy (non-hydrogen) atoms. The second-order valence-corrected chi connectivity index (χ2v) is 14.0. The van der Waals surface area contributed by atoms with Crippen LogP contribution >= 0.6 is 0 Å². The van der Waals surface area contributed by atoms with Crippen LogP contribution in [0.25, 0.3) is 56.4 Å². The average molecular weight is 721 g/mol. The van der Waals surface area contributed by atoms with Gasteiger partial charge in [0.05, 0.1) is 11.3 Å². The van der Waals surface area contributed by atoms with E-state index in [1.165, 1.54) is 11.1 Å². The fourth-order valence-corrected chi connectivity index (χ4v) is 7.73. The number of aromatic nitrogens is 3. The summed E-state index contributed by atoms with van der Waals surface area (Å²) in [5.74, 6) is 2.56. The first-order valence-electron chi connectivity index (χ1n) is 18.9. The molecular formula is C51H36N4O. The maximum Gasteiger partial charge on any atom is 0.167 e. The van der Waals surface area contributed by atoms with Crippen LogP contribution in [-0.4, -0.2) is 21.1 Å². The summed E-state index contributed by atoms with van der Waals surface area (Å²) in [5.41, 5.74) is 11.6. The van der Waals surface area contributed by atoms with Crippen LogP contribution in [0.1, 0.15) is 11.5 Å². The second kappa shape index (κ2) is 14.5. The lowest BCUT2D eigenvalue weighted by atomic mass is 9.89. The first-order chi connectivity index (χ1) is 27.8. The van der Waals surface area contributed by atoms with E-state index >= 15 is 0 Å². The summed E-state index contributed by atoms with van der Waals surface area (Å²) in [7, 11) is 0. The lowest BCUT2D eigenvalue weighted by Gasteiger charge is -2.29. The average Bonchev–Trinajstić information content (AvgIpc) is 3.68. The molecule has 10 rings (SSSR count). The van der Waals surface area contributed by atoms with E-state index in [0.29, 0.717) is 17.5 Å². The van der Waals surface area contributed by atoms with Gasteiger partial charge in [0.1, 0.15) is 11.9 Å². The minimum Gasteiger partial charge on any atom is -0.484 e. The highest BCUT2D eigenvalue weighted by molar-refractivity contribution is 5.87. The molecule has 8 aromatic rings. The Morgan fingerprint density at radius 3 is 1.32 bits per heavy atom. The molecule has 0 saturated carbocycles. The zero-order valence-electron chi connectivity index (χ0n) is 30.5. The van der Waals surface area contributed by atoms with Crippen molar-refractivity contribution in [2.45, 2.75) is 12.0 Å². The molecule has 2 unspecified atom stereocenters. The number of fused-ring (bicyclic) bond motifs is 3. The molecule has 0 amide bonds. The predicted octanol–water partition coefficient (Wildman–Crippen LogP) is 12.6. The quantitative estimate of drug-likeness (QED) is 0.156. The number of anilines is 3. The molecule has 2 atom stereocenters. The fraction of sp³-hybridized carbons (Fsp3) is 0.0392. The standard InChI is InChI=1S/C51H36N4O/c1-5-15-35(16-6-1)37-25-29-41(30-26-37)55(42-31-27-38(28-32-42)36-17-7-2-8-18-36)45-34-33-44(48-47(45)43-23-13-14-24-46(43)56-48)51-53-49(39-19-9-3-10-20-39)52-50(54-51)40-21-11-4-12-22-40/h1-34,43,46H. The normalized spacial score (nSPS) is 15.1. The molecule has 0 saturated heterocycles. The van der Waals surface area contributed by atoms with Crippen molar-refractivity contribution in [1.29, 1.82) is 0 Å². The largest absolute Gasteiger partial charge is 0.484 e. The SMILES string of the molecule is C1=CC2Oc3c(-c4nc(-c5ccccc5)nc(-c5ccccc5)n4)ccc(N(c4ccc(-c5ccccc5)cc4)c4ccc(-c5ccccc5)cc4)c3C2C=C1. The van der Waals surface area contributed by atoms with E-state index in [1.54, 1.807) is 0 Å². The van der Waals surface area contributed by atoms with Gasteiger partial charge in [0, 0.05) is 34.0 Å². The van der Waals surface area contributed by atoms with Crippen molar-refractivity contribution in [2.75, 3.05) is 4.90 Å². The van der Waals surface area contributed by atoms with Crippen LogP contribution in [0.2, 0.25) is 0 Å². The van der Waals surface area contributed by atoms with Gasteiger partial charge < -0.3 is 9.64 Å². The number of allylic oxidation sites excluding steroid dienone is 2. The summed E-state index contributed by atoms with van der Waals surface area (Å²) in [6.45, 7) is 0. The van der Waals surface area contributed by atoms with Gasteiger partial charge in [0.2, 0.25) is 0 Å². The van der Waals surface area contributed by atoms with Crippen LogP contribution in [0, 0.1) is 0 Å². The number of ether oxygens (including phenoxy) is 1. The van der Waals surface area contributed by atoms with E-state index in [2.05, 4.69) is 151 Å². The van der Waals surface area contributed by atoms with Crippen molar-refractivity contribution in [3.05, 3.63) is 212 Å². The van der Waals surface area contributed by atoms with Gasteiger partial charge in [-0.1, -0.05) is 164 Å². The predicted molar refractivity (Wildman–Crippen MR) is 227 cm³/mol. The summed E-state index contributed by atoms with van der Waals surface area (Å²) in [4.78, 5) is 17.5. The van der Waals surface area contributed by atoms with Crippen molar-refractivity contribution in [3.8, 4) is 62.2 Å². The van der Waals surface area contributed by atoms with Crippen molar-refractivity contribution in [3.63, 3.8) is 0 Å². The molecule has 2 aliphatic rings. The van der Waals surface area contributed by atoms with Crippen LogP contribution in [0.5, 0.6) is 5.75 Å². The smallest absolute Gasteiger partial charge is 0.167 e. The van der Waals surface area contributed by atoms with Gasteiger partial charge in [-0.15, -0.1) is 0 Å². The topological polar surface area (TPSA) is 51.1 Å². The third-order valence-corrected chi connectivity index (χ3v) is 10.5. The van der Waals surface area contributed by atoms with Gasteiger partial charge in [0.25, 0.3) is 0 Å². The minimum atomic E-state index is -0.165. The van der Waals surface area contributed by atoms with Gasteiger partial charge in [-0.05, 0) is 64.7 Å². The van der Waals surface area contributed by atoms with Crippen molar-refractivity contribution >= 4 is 17.1 Å². The third kappa shape index (κ3) is 6.25. The van der Waals surface area contributed by atoms with E-state index in [1.807, 2.05) is 60.7 Å². The molecule has 1 aliphatic carbocycles. The molecule has 5 nitrogen and oxygen atoms in total. The Labute approximate surface area is 326 Å². The van der Waals surface area contributed by atoms with Crippen LogP contribution in [0.4, 0.5) is 17.1 Å². The number of hydrogen-bond donors (Lipinski definition) is 0. The van der Waals surface area contributed by atoms with E-state index < -0.39 is 0 Å². The zero-order chi connectivity index (χ0) is 37.3. The lowest BCUT2D eigenvalue weighted by Crippen LogP contribution is -2.17. The number of rotatable bonds is 8. The van der Waals surface area contributed by atoms with E-state index in [4.69, 9.17) is 19.7 Å². The van der Waals surface area contributed by atoms with Crippen molar-refractivity contribution in [2.24, 2.45) is 0 Å². The van der Waals surface area contributed by atoms with Crippen LogP contribution in [-0.2, 0) is 0 Å². The Morgan fingerprint density at radius 1 is 0.393 bits per heavy atom. The Hall–Kier alpha value is -7.37. The van der Waals surface area contributed by atoms with E-state index in [9.17, 15) is 0 Å². The number of nitrogens with zero attached hydrogens (tertiary/aromatic N) is 4. The van der Waals surface area contributed by atoms with Gasteiger partial charge in [0.15, 0.2) is 17.5 Å². The highest BCUT2D eigenvalue weighted by Gasteiger charge is 2.38. The van der Waals surface area contributed by atoms with E-state index in [0.717, 1.165) is 56.2 Å². The highest BCUT2D eigenvalue weighted by atomic mass is 16.5. The molecule has 266 valence electrons. The lowest BCUT2D eigenvalue weighted by molar-refractivity contribution is 0.269. The van der Waals surface area contributed by atoms with Crippen LogP contribution < -0.4 is 9.64 Å². The van der Waals surface area contributed by atoms with Gasteiger partial charge in [-0.2, -0.15) is 0 Å². The maximum absolute atomic E-state index is 6.94. The summed E-state index contributed by atoms with van der Waals surface area (Å²) in [6, 6.07) is 63.1. The molecular weight excluding hydrogens is 685 g/mol. The molecule has 0 bridgehead atoms. The molecule has 2 heterocycles. The van der Waals surface area contributed by atoms with Crippen LogP contribution in [0.15, 0.2) is 206 Å². The van der Waals surface area contributed by atoms with Crippen molar-refractivity contribution in [1.82, 2.24) is 15.0 Å². The van der Waals surface area contributed by atoms with Gasteiger partial charge >= 0.3 is 0 Å². The Balaban J connectivity index is 1.16. The molecule has 7 aromatic carbocycles. The Morgan fingerprint density at radius 2 is 0.821 bits per heavy atom. The zero-order valence-corrected chi connectivity index (χ0v) is 30.5. The van der Waals surface area contributed by atoms with Crippen LogP contribution in [0.3, 0.4) is 0 Å². The third-order valence-electron chi connectivity index (χ3n) is 10.5. The first-order valence-corrected chi connectivity index (χ1v) is 18.9. The van der Waals surface area contributed by atoms with Gasteiger partial charge in [-0.25, -0.2) is 15.0 Å². The Bertz CT molecular complexity index is 2560. The molecule has 1 aromatic heterocycles. The molecule has 0 spiro atoms. The number of benzene rings is 7. The summed E-state index contributed by atoms with van der Waals surface area (Å²) in [5, 5.41) is 0. The van der Waals surface area contributed by atoms with Crippen molar-refractivity contribution < 1.29 is 4.74 Å². The monoisotopic (exact) mass is 720 g/mol. The molecule has 5 heteroatoms. The fourth-order valence-electron chi connectivity index (χ4n) is 7.73. The van der Waals surface area contributed by atoms with E-state index in [-0.39, 0.29) is 12.0 Å².